The van der Waals surface area contributed by atoms with Crippen LogP contribution in [0.15, 0.2) is 54.6 Å². The third-order valence-electron chi connectivity index (χ3n) is 5.23. The first kappa shape index (κ1) is 21.1. The third-order valence-corrected chi connectivity index (χ3v) is 5.23. The maximum atomic E-state index is 13.0. The molecule has 3 aromatic rings. The summed E-state index contributed by atoms with van der Waals surface area (Å²) >= 11 is 0. The fraction of sp³-hybridized carbons (Fsp3) is 0.304. The average molecular weight is 412 g/mol. The van der Waals surface area contributed by atoms with Crippen molar-refractivity contribution in [2.45, 2.75) is 38.3 Å². The van der Waals surface area contributed by atoms with E-state index in [0.29, 0.717) is 12.2 Å². The second-order valence-electron chi connectivity index (χ2n) is 7.27. The van der Waals surface area contributed by atoms with Gasteiger partial charge in [-0.3, -0.25) is 4.79 Å². The van der Waals surface area contributed by atoms with Gasteiger partial charge in [-0.2, -0.15) is 0 Å². The number of nitrogens with two attached hydrogens (primary N) is 1. The number of aromatic nitrogens is 1. The molecule has 0 aliphatic heterocycles. The van der Waals surface area contributed by atoms with E-state index in [2.05, 4.69) is 5.32 Å². The molecule has 5 nitrogen and oxygen atoms in total. The molecule has 1 aromatic heterocycles. The molecule has 1 aliphatic carbocycles. The molecule has 1 amide bonds. The zero-order valence-electron chi connectivity index (χ0n) is 16.4. The van der Waals surface area contributed by atoms with Crippen LogP contribution in [-0.4, -0.2) is 29.6 Å². The van der Waals surface area contributed by atoms with Crippen LogP contribution in [0.4, 0.5) is 0 Å². The van der Waals surface area contributed by atoms with Crippen molar-refractivity contribution in [1.29, 1.82) is 0 Å². The number of nitrogens with zero attached hydrogens (tertiary/aromatic N) is 1. The highest BCUT2D eigenvalue weighted by Gasteiger charge is 2.24. The van der Waals surface area contributed by atoms with Crippen molar-refractivity contribution in [3.63, 3.8) is 0 Å². The van der Waals surface area contributed by atoms with Gasteiger partial charge in [-0.05, 0) is 62.6 Å². The molecule has 0 saturated heterocycles. The smallest absolute Gasteiger partial charge is 0.252 e. The quantitative estimate of drug-likeness (QED) is 0.655. The normalized spacial score (nSPS) is 18.3. The number of carbonyl (C=O) groups excluding carboxylic acids is 1. The maximum Gasteiger partial charge on any atom is 0.252 e. The Labute approximate surface area is 177 Å². The summed E-state index contributed by atoms with van der Waals surface area (Å²) in [5, 5.41) is 4.01. The van der Waals surface area contributed by atoms with E-state index < -0.39 is 0 Å². The standard InChI is InChI=1S/C23H25N3O2.ClH/c1-2-28-18-11-7-15(8-12-18)22-14-20(19-5-3-4-6-21(19)26-22)23(27)25-17-10-9-16(24)13-17;/h3-8,11-12,14,16-17H,2,9-10,13,24H2,1H3,(H,25,27);1H/t16-,17+;/m1./s1. The van der Waals surface area contributed by atoms with Crippen molar-refractivity contribution in [3.8, 4) is 17.0 Å². The SMILES string of the molecule is CCOc1ccc(-c2cc(C(=O)N[C@H]3CC[C@@H](N)C3)c3ccccc3n2)cc1.Cl. The number of hydrogen-bond donors (Lipinski definition) is 2. The van der Waals surface area contributed by atoms with E-state index in [-0.39, 0.29) is 30.4 Å². The summed E-state index contributed by atoms with van der Waals surface area (Å²) in [6, 6.07) is 17.8. The van der Waals surface area contributed by atoms with E-state index >= 15 is 0 Å². The van der Waals surface area contributed by atoms with E-state index in [0.717, 1.165) is 47.2 Å². The summed E-state index contributed by atoms with van der Waals surface area (Å²) in [5.41, 5.74) is 9.17. The highest BCUT2D eigenvalue weighted by Crippen LogP contribution is 2.27. The second-order valence-corrected chi connectivity index (χ2v) is 7.27. The summed E-state index contributed by atoms with van der Waals surface area (Å²) in [7, 11) is 0. The number of ether oxygens (including phenoxy) is 1. The lowest BCUT2D eigenvalue weighted by molar-refractivity contribution is 0.0939. The number of amides is 1. The lowest BCUT2D eigenvalue weighted by atomic mass is 10.0. The molecule has 1 saturated carbocycles. The number of hydrogen-bond acceptors (Lipinski definition) is 4. The molecular weight excluding hydrogens is 386 g/mol. The van der Waals surface area contributed by atoms with Gasteiger partial charge in [0.15, 0.2) is 0 Å². The van der Waals surface area contributed by atoms with E-state index in [1.54, 1.807) is 0 Å². The Balaban J connectivity index is 0.00000240. The first-order chi connectivity index (χ1) is 13.6. The second kappa shape index (κ2) is 9.25. The van der Waals surface area contributed by atoms with Crippen LogP contribution in [0.2, 0.25) is 0 Å². The zero-order chi connectivity index (χ0) is 19.5. The van der Waals surface area contributed by atoms with Crippen LogP contribution >= 0.6 is 12.4 Å². The number of benzene rings is 2. The number of nitrogens with one attached hydrogen (secondary N) is 1. The summed E-state index contributed by atoms with van der Waals surface area (Å²) in [6.45, 7) is 2.59. The summed E-state index contributed by atoms with van der Waals surface area (Å²) in [4.78, 5) is 17.8. The van der Waals surface area contributed by atoms with Crippen molar-refractivity contribution in [3.05, 3.63) is 60.2 Å². The van der Waals surface area contributed by atoms with Crippen molar-refractivity contribution < 1.29 is 9.53 Å². The van der Waals surface area contributed by atoms with E-state index in [4.69, 9.17) is 15.5 Å². The van der Waals surface area contributed by atoms with Crippen LogP contribution in [0.3, 0.4) is 0 Å². The molecule has 0 unspecified atom stereocenters. The minimum absolute atomic E-state index is 0. The third kappa shape index (κ3) is 4.69. The molecule has 2 atom stereocenters. The minimum atomic E-state index is -0.0649. The van der Waals surface area contributed by atoms with Crippen LogP contribution in [0, 0.1) is 0 Å². The van der Waals surface area contributed by atoms with Gasteiger partial charge < -0.3 is 15.8 Å². The summed E-state index contributed by atoms with van der Waals surface area (Å²) in [6.07, 6.45) is 2.72. The number of para-hydroxylation sites is 1. The van der Waals surface area contributed by atoms with Crippen molar-refractivity contribution in [1.82, 2.24) is 10.3 Å². The average Bonchev–Trinajstić information content (AvgIpc) is 3.12. The first-order valence-corrected chi connectivity index (χ1v) is 9.83. The van der Waals surface area contributed by atoms with Crippen molar-refractivity contribution in [2.24, 2.45) is 5.73 Å². The highest BCUT2D eigenvalue weighted by atomic mass is 35.5. The molecule has 0 bridgehead atoms. The molecular formula is C23H26ClN3O2. The van der Waals surface area contributed by atoms with Crippen LogP contribution in [0.25, 0.3) is 22.2 Å². The monoisotopic (exact) mass is 411 g/mol. The van der Waals surface area contributed by atoms with Gasteiger partial charge in [0, 0.05) is 23.0 Å². The molecule has 6 heteroatoms. The fourth-order valence-electron chi connectivity index (χ4n) is 3.81. The predicted octanol–water partition coefficient (Wildman–Crippen LogP) is 4.33. The van der Waals surface area contributed by atoms with Gasteiger partial charge in [-0.1, -0.05) is 18.2 Å². The molecule has 4 rings (SSSR count). The van der Waals surface area contributed by atoms with Gasteiger partial charge in [0.1, 0.15) is 5.75 Å². The lowest BCUT2D eigenvalue weighted by Crippen LogP contribution is -2.34. The summed E-state index contributed by atoms with van der Waals surface area (Å²) in [5.74, 6) is 0.757. The topological polar surface area (TPSA) is 77.2 Å². The Hall–Kier alpha value is -2.63. The number of fused-ring (bicyclic) bond motifs is 1. The maximum absolute atomic E-state index is 13.0. The minimum Gasteiger partial charge on any atom is -0.494 e. The van der Waals surface area contributed by atoms with Gasteiger partial charge in [0.05, 0.1) is 23.4 Å². The Bertz CT molecular complexity index is 991. The van der Waals surface area contributed by atoms with Crippen LogP contribution in [0.5, 0.6) is 5.75 Å². The van der Waals surface area contributed by atoms with Gasteiger partial charge >= 0.3 is 0 Å². The number of rotatable bonds is 5. The van der Waals surface area contributed by atoms with Gasteiger partial charge in [0.2, 0.25) is 0 Å². The Morgan fingerprint density at radius 1 is 1.17 bits per heavy atom. The molecule has 152 valence electrons. The van der Waals surface area contributed by atoms with E-state index in [1.807, 2.05) is 61.5 Å². The fourth-order valence-corrected chi connectivity index (χ4v) is 3.81. The predicted molar refractivity (Wildman–Crippen MR) is 119 cm³/mol. The zero-order valence-corrected chi connectivity index (χ0v) is 17.2. The van der Waals surface area contributed by atoms with Crippen molar-refractivity contribution >= 4 is 29.2 Å². The van der Waals surface area contributed by atoms with Crippen LogP contribution in [0.1, 0.15) is 36.5 Å². The number of pyridine rings is 1. The molecule has 1 fully saturated rings. The lowest BCUT2D eigenvalue weighted by Gasteiger charge is -2.15. The summed E-state index contributed by atoms with van der Waals surface area (Å²) < 4.78 is 5.52. The van der Waals surface area contributed by atoms with Gasteiger partial charge in [-0.15, -0.1) is 12.4 Å². The molecule has 0 spiro atoms. The number of carbonyl (C=O) groups is 1. The Kier molecular flexibility index (Phi) is 6.72. The largest absolute Gasteiger partial charge is 0.494 e. The highest BCUT2D eigenvalue weighted by molar-refractivity contribution is 6.07. The van der Waals surface area contributed by atoms with Crippen LogP contribution in [-0.2, 0) is 0 Å². The molecule has 29 heavy (non-hydrogen) atoms. The van der Waals surface area contributed by atoms with E-state index in [9.17, 15) is 4.79 Å². The molecule has 1 heterocycles. The van der Waals surface area contributed by atoms with Gasteiger partial charge in [0.25, 0.3) is 5.91 Å². The Morgan fingerprint density at radius 2 is 1.93 bits per heavy atom. The van der Waals surface area contributed by atoms with Crippen molar-refractivity contribution in [2.75, 3.05) is 6.61 Å². The molecule has 2 aromatic carbocycles. The van der Waals surface area contributed by atoms with Crippen LogP contribution < -0.4 is 15.8 Å². The number of halogens is 1. The van der Waals surface area contributed by atoms with Gasteiger partial charge in [-0.25, -0.2) is 4.98 Å². The molecule has 3 N–H and O–H groups in total. The Morgan fingerprint density at radius 3 is 2.62 bits per heavy atom. The molecule has 1 aliphatic rings. The molecule has 0 radical (unpaired) electrons. The van der Waals surface area contributed by atoms with E-state index in [1.165, 1.54) is 0 Å². The first-order valence-electron chi connectivity index (χ1n) is 9.83.